The maximum Gasteiger partial charge on any atom is 0.266 e. The van der Waals surface area contributed by atoms with E-state index >= 15 is 0 Å². The third-order valence-corrected chi connectivity index (χ3v) is 6.98. The number of amides is 1. The van der Waals surface area contributed by atoms with Gasteiger partial charge in [0.05, 0.1) is 17.7 Å². The zero-order valence-corrected chi connectivity index (χ0v) is 21.6. The van der Waals surface area contributed by atoms with Crippen molar-refractivity contribution in [2.75, 3.05) is 12.4 Å². The van der Waals surface area contributed by atoms with Crippen LogP contribution in [0.2, 0.25) is 0 Å². The van der Waals surface area contributed by atoms with Crippen LogP contribution in [0.3, 0.4) is 0 Å². The van der Waals surface area contributed by atoms with Crippen molar-refractivity contribution in [2.45, 2.75) is 4.90 Å². The molecule has 0 atom stereocenters. The molecule has 1 aromatic heterocycles. The van der Waals surface area contributed by atoms with Gasteiger partial charge < -0.3 is 10.1 Å². The van der Waals surface area contributed by atoms with Crippen molar-refractivity contribution in [3.63, 3.8) is 0 Å². The summed E-state index contributed by atoms with van der Waals surface area (Å²) < 4.78 is 31.7. The Morgan fingerprint density at radius 1 is 0.821 bits per heavy atom. The van der Waals surface area contributed by atoms with Crippen molar-refractivity contribution < 1.29 is 17.9 Å². The third-order valence-electron chi connectivity index (χ3n) is 5.71. The number of ether oxygens (including phenoxy) is 1. The molecule has 0 aliphatic rings. The first-order valence-corrected chi connectivity index (χ1v) is 13.3. The molecule has 0 spiro atoms. The fourth-order valence-corrected chi connectivity index (χ4v) is 4.56. The molecule has 0 unspecified atom stereocenters. The monoisotopic (exact) mass is 540 g/mol. The molecule has 0 saturated heterocycles. The molecule has 0 saturated carbocycles. The van der Waals surface area contributed by atoms with Crippen molar-refractivity contribution in [3.05, 3.63) is 115 Å². The summed E-state index contributed by atoms with van der Waals surface area (Å²) in [6.45, 7) is 0. The number of carbonyl (C=O) groups excluding carboxylic acids is 1. The third kappa shape index (κ3) is 5.95. The van der Waals surface area contributed by atoms with Crippen LogP contribution < -0.4 is 20.3 Å². The van der Waals surface area contributed by atoms with E-state index in [1.54, 1.807) is 28.9 Å². The van der Waals surface area contributed by atoms with E-state index in [1.807, 2.05) is 60.7 Å². The van der Waals surface area contributed by atoms with Crippen LogP contribution in [0.5, 0.6) is 5.75 Å². The Hall–Kier alpha value is -5.00. The van der Waals surface area contributed by atoms with Crippen molar-refractivity contribution in [1.82, 2.24) is 25.0 Å². The average molecular weight is 541 g/mol. The Balaban J connectivity index is 1.28. The Labute approximate surface area is 225 Å². The van der Waals surface area contributed by atoms with Gasteiger partial charge in [-0.25, -0.2) is 13.1 Å². The van der Waals surface area contributed by atoms with E-state index in [0.717, 1.165) is 11.3 Å². The van der Waals surface area contributed by atoms with Gasteiger partial charge in [0.2, 0.25) is 5.95 Å². The number of methoxy groups -OCH3 is 1. The summed E-state index contributed by atoms with van der Waals surface area (Å²) in [6, 6.07) is 31.7. The second-order valence-electron chi connectivity index (χ2n) is 8.31. The lowest BCUT2D eigenvalue weighted by Gasteiger charge is -2.09. The molecule has 39 heavy (non-hydrogen) atoms. The number of aromatic nitrogens is 3. The first kappa shape index (κ1) is 25.6. The number of carbonyl (C=O) groups is 1. The van der Waals surface area contributed by atoms with Gasteiger partial charge in [0.1, 0.15) is 5.75 Å². The normalized spacial score (nSPS) is 11.1. The predicted molar refractivity (Wildman–Crippen MR) is 147 cm³/mol. The number of nitrogens with zero attached hydrogens (tertiary/aromatic N) is 3. The average Bonchev–Trinajstić information content (AvgIpc) is 3.41. The van der Waals surface area contributed by atoms with E-state index < -0.39 is 15.9 Å². The van der Waals surface area contributed by atoms with Gasteiger partial charge in [0, 0.05) is 16.8 Å². The van der Waals surface area contributed by atoms with E-state index in [-0.39, 0.29) is 10.5 Å². The molecule has 5 rings (SSSR count). The number of hydrazine groups is 1. The van der Waals surface area contributed by atoms with Gasteiger partial charge in [-0.2, -0.15) is 4.98 Å². The van der Waals surface area contributed by atoms with Crippen molar-refractivity contribution >= 4 is 27.6 Å². The highest BCUT2D eigenvalue weighted by Gasteiger charge is 2.17. The van der Waals surface area contributed by atoms with Crippen LogP contribution in [-0.4, -0.2) is 36.2 Å². The van der Waals surface area contributed by atoms with E-state index in [4.69, 9.17) is 4.74 Å². The molecule has 196 valence electrons. The summed E-state index contributed by atoms with van der Waals surface area (Å²) in [7, 11) is -2.47. The molecule has 0 fully saturated rings. The predicted octanol–water partition coefficient (Wildman–Crippen LogP) is 4.31. The van der Waals surface area contributed by atoms with Gasteiger partial charge in [0.15, 0.2) is 5.82 Å². The Kier molecular flexibility index (Phi) is 7.34. The van der Waals surface area contributed by atoms with Crippen LogP contribution >= 0.6 is 0 Å². The van der Waals surface area contributed by atoms with Crippen LogP contribution in [0.1, 0.15) is 10.4 Å². The fraction of sp³-hybridized carbons (Fsp3) is 0.0357. The molecule has 1 heterocycles. The zero-order chi connectivity index (χ0) is 27.2. The summed E-state index contributed by atoms with van der Waals surface area (Å²) >= 11 is 0. The van der Waals surface area contributed by atoms with E-state index in [1.165, 1.54) is 31.4 Å². The minimum absolute atomic E-state index is 0.0135. The van der Waals surface area contributed by atoms with Crippen molar-refractivity contribution in [1.29, 1.82) is 0 Å². The lowest BCUT2D eigenvalue weighted by Crippen LogP contribution is -2.41. The van der Waals surface area contributed by atoms with E-state index in [0.29, 0.717) is 23.2 Å². The summed E-state index contributed by atoms with van der Waals surface area (Å²) in [4.78, 5) is 19.3. The molecular formula is C28H24N6O4S. The fourth-order valence-electron chi connectivity index (χ4n) is 3.72. The molecular weight excluding hydrogens is 516 g/mol. The van der Waals surface area contributed by atoms with Crippen LogP contribution in [0.15, 0.2) is 114 Å². The largest absolute Gasteiger partial charge is 0.497 e. The summed E-state index contributed by atoms with van der Waals surface area (Å²) in [5, 5.41) is 7.80. The molecule has 10 nitrogen and oxygen atoms in total. The highest BCUT2D eigenvalue weighted by molar-refractivity contribution is 7.89. The number of nitrogens with one attached hydrogen (secondary N) is 3. The Bertz CT molecular complexity index is 1620. The highest BCUT2D eigenvalue weighted by Crippen LogP contribution is 2.24. The number of rotatable bonds is 9. The molecule has 0 bridgehead atoms. The van der Waals surface area contributed by atoms with Crippen LogP contribution in [0, 0.1) is 0 Å². The first-order chi connectivity index (χ1) is 18.9. The molecule has 5 aromatic rings. The Morgan fingerprint density at radius 3 is 2.10 bits per heavy atom. The van der Waals surface area contributed by atoms with Crippen LogP contribution in [0.25, 0.3) is 17.1 Å². The topological polar surface area (TPSA) is 127 Å². The van der Waals surface area contributed by atoms with Crippen molar-refractivity contribution in [2.24, 2.45) is 0 Å². The minimum atomic E-state index is -3.95. The van der Waals surface area contributed by atoms with Crippen molar-refractivity contribution in [3.8, 4) is 22.8 Å². The molecule has 4 aromatic carbocycles. The maximum atomic E-state index is 12.5. The molecule has 0 aliphatic carbocycles. The van der Waals surface area contributed by atoms with Gasteiger partial charge in [-0.15, -0.1) is 9.93 Å². The smallest absolute Gasteiger partial charge is 0.266 e. The number of hydrogen-bond acceptors (Lipinski definition) is 7. The van der Waals surface area contributed by atoms with Crippen LogP contribution in [-0.2, 0) is 10.0 Å². The quantitative estimate of drug-likeness (QED) is 0.238. The van der Waals surface area contributed by atoms with E-state index in [9.17, 15) is 13.2 Å². The van der Waals surface area contributed by atoms with E-state index in [2.05, 4.69) is 25.7 Å². The number of anilines is 2. The Morgan fingerprint density at radius 2 is 1.46 bits per heavy atom. The number of benzene rings is 4. The zero-order valence-electron chi connectivity index (χ0n) is 20.8. The molecule has 3 N–H and O–H groups in total. The summed E-state index contributed by atoms with van der Waals surface area (Å²) in [5.74, 6) is 0.952. The number of hydrogen-bond donors (Lipinski definition) is 3. The van der Waals surface area contributed by atoms with Crippen LogP contribution in [0.4, 0.5) is 11.6 Å². The lowest BCUT2D eigenvalue weighted by molar-refractivity contribution is 0.0945. The number of para-hydroxylation sites is 1. The summed E-state index contributed by atoms with van der Waals surface area (Å²) in [6.07, 6.45) is 0. The van der Waals surface area contributed by atoms with Gasteiger partial charge in [0.25, 0.3) is 15.9 Å². The first-order valence-electron chi connectivity index (χ1n) is 11.8. The van der Waals surface area contributed by atoms with Gasteiger partial charge >= 0.3 is 0 Å². The standard InChI is InChI=1S/C28H24N6O4S/c1-38-24-16-18-25(19-17-24)39(36,37)33-31-27(35)21-12-14-22(15-13-21)29-28-30-26(20-8-4-2-5-9-20)34(32-28)23-10-6-3-7-11-23/h2-19,33H,1H3,(H,29,32)(H,31,35). The minimum Gasteiger partial charge on any atom is -0.497 e. The lowest BCUT2D eigenvalue weighted by atomic mass is 10.2. The molecule has 1 amide bonds. The van der Waals surface area contributed by atoms with Gasteiger partial charge in [-0.1, -0.05) is 48.5 Å². The maximum absolute atomic E-state index is 12.5. The number of sulfonamides is 1. The highest BCUT2D eigenvalue weighted by atomic mass is 32.2. The van der Waals surface area contributed by atoms with Gasteiger partial charge in [-0.3, -0.25) is 10.2 Å². The molecule has 11 heteroatoms. The SMILES string of the molecule is COc1ccc(S(=O)(=O)NNC(=O)c2ccc(Nc3nc(-c4ccccc4)n(-c4ccccc4)n3)cc2)cc1. The second kappa shape index (κ2) is 11.2. The molecule has 0 radical (unpaired) electrons. The van der Waals surface area contributed by atoms with Gasteiger partial charge in [-0.05, 0) is 60.7 Å². The summed E-state index contributed by atoms with van der Waals surface area (Å²) in [5.41, 5.74) is 4.90. The second-order valence-corrected chi connectivity index (χ2v) is 9.99. The molecule has 0 aliphatic heterocycles.